The molecule has 6 heteroatoms. The predicted molar refractivity (Wildman–Crippen MR) is 129 cm³/mol. The summed E-state index contributed by atoms with van der Waals surface area (Å²) in [4.78, 5) is 33.1. The fourth-order valence-corrected chi connectivity index (χ4v) is 5.28. The van der Waals surface area contributed by atoms with E-state index >= 15 is 0 Å². The number of hydrogen-bond acceptors (Lipinski definition) is 3. The standard InChI is InChI=1S/C27H29N3O3/c1-27(2)17-30(25(31)19-9-7-8-18(14-19)15-29-12-5-6-13-29)16-21(26(32)33)24-23(27)20-10-3-4-11-22(20)28-24/h3-4,7-11,14,16,28H,5-6,12-13,15,17H2,1-2H3,(H,32,33). The Hall–Kier alpha value is -3.38. The topological polar surface area (TPSA) is 76.6 Å². The lowest BCUT2D eigenvalue weighted by molar-refractivity contribution is -0.130. The normalized spacial score (nSPS) is 18.1. The van der Waals surface area contributed by atoms with Crippen molar-refractivity contribution in [1.82, 2.24) is 14.8 Å². The van der Waals surface area contributed by atoms with Crippen LogP contribution in [0, 0.1) is 0 Å². The summed E-state index contributed by atoms with van der Waals surface area (Å²) in [6, 6.07) is 15.6. The van der Waals surface area contributed by atoms with Gasteiger partial charge in [-0.2, -0.15) is 0 Å². The first-order chi connectivity index (χ1) is 15.8. The molecule has 0 unspecified atom stereocenters. The van der Waals surface area contributed by atoms with E-state index in [2.05, 4.69) is 29.8 Å². The average Bonchev–Trinajstić information content (AvgIpc) is 3.41. The smallest absolute Gasteiger partial charge is 0.339 e. The number of nitrogens with zero attached hydrogens (tertiary/aromatic N) is 2. The van der Waals surface area contributed by atoms with Crippen LogP contribution in [0.3, 0.4) is 0 Å². The molecule has 1 saturated heterocycles. The second-order valence-electron chi connectivity index (χ2n) is 9.77. The van der Waals surface area contributed by atoms with Crippen molar-refractivity contribution < 1.29 is 14.7 Å². The zero-order valence-corrected chi connectivity index (χ0v) is 19.1. The van der Waals surface area contributed by atoms with E-state index in [9.17, 15) is 14.7 Å². The molecule has 0 atom stereocenters. The largest absolute Gasteiger partial charge is 0.478 e. The molecule has 33 heavy (non-hydrogen) atoms. The molecular formula is C27H29N3O3. The monoisotopic (exact) mass is 443 g/mol. The van der Waals surface area contributed by atoms with Gasteiger partial charge in [-0.3, -0.25) is 9.69 Å². The number of fused-ring (bicyclic) bond motifs is 3. The van der Waals surface area contributed by atoms with Crippen LogP contribution in [0.2, 0.25) is 0 Å². The van der Waals surface area contributed by atoms with Gasteiger partial charge < -0.3 is 15.0 Å². The molecule has 6 nitrogen and oxygen atoms in total. The summed E-state index contributed by atoms with van der Waals surface area (Å²) in [5.41, 5.74) is 3.75. The third-order valence-corrected chi connectivity index (χ3v) is 6.77. The Bertz CT molecular complexity index is 1260. The minimum Gasteiger partial charge on any atom is -0.478 e. The number of benzene rings is 2. The Labute approximate surface area is 193 Å². The molecule has 3 aromatic rings. The van der Waals surface area contributed by atoms with Crippen LogP contribution in [0.4, 0.5) is 0 Å². The van der Waals surface area contributed by atoms with Gasteiger partial charge in [0, 0.05) is 41.2 Å². The number of aliphatic carboxylic acids is 1. The number of carbonyl (C=O) groups excluding carboxylic acids is 1. The van der Waals surface area contributed by atoms with Crippen LogP contribution in [0.15, 0.2) is 54.7 Å². The van der Waals surface area contributed by atoms with Gasteiger partial charge in [0.25, 0.3) is 5.91 Å². The third-order valence-electron chi connectivity index (χ3n) is 6.77. The first-order valence-electron chi connectivity index (χ1n) is 11.5. The summed E-state index contributed by atoms with van der Waals surface area (Å²) in [5, 5.41) is 11.0. The van der Waals surface area contributed by atoms with Gasteiger partial charge in [-0.25, -0.2) is 4.79 Å². The van der Waals surface area contributed by atoms with Crippen molar-refractivity contribution in [2.24, 2.45) is 0 Å². The summed E-state index contributed by atoms with van der Waals surface area (Å²) in [5.74, 6) is -1.24. The first-order valence-corrected chi connectivity index (χ1v) is 11.5. The number of carboxylic acid groups (broad SMARTS) is 1. The van der Waals surface area contributed by atoms with Crippen molar-refractivity contribution in [3.05, 3.63) is 77.1 Å². The second-order valence-corrected chi connectivity index (χ2v) is 9.77. The van der Waals surface area contributed by atoms with Crippen LogP contribution in [0.1, 0.15) is 53.9 Å². The number of carboxylic acids is 1. The van der Waals surface area contributed by atoms with Gasteiger partial charge in [0.05, 0.1) is 11.3 Å². The SMILES string of the molecule is CC1(C)CN(C(=O)c2cccc(CN3CCCC3)c2)C=C(C(=O)O)c2[nH]c3ccccc3c21. The highest BCUT2D eigenvalue weighted by Crippen LogP contribution is 2.40. The molecule has 2 N–H and O–H groups in total. The Morgan fingerprint density at radius 1 is 1.06 bits per heavy atom. The minimum absolute atomic E-state index is 0.105. The van der Waals surface area contributed by atoms with Crippen LogP contribution < -0.4 is 0 Å². The lowest BCUT2D eigenvalue weighted by Gasteiger charge is -2.30. The van der Waals surface area contributed by atoms with Crippen LogP contribution >= 0.6 is 0 Å². The molecule has 1 aromatic heterocycles. The first kappa shape index (κ1) is 21.5. The van der Waals surface area contributed by atoms with Crippen molar-refractivity contribution in [3.8, 4) is 0 Å². The maximum atomic E-state index is 13.6. The summed E-state index contributed by atoms with van der Waals surface area (Å²) in [6.07, 6.45) is 3.94. The van der Waals surface area contributed by atoms with E-state index in [1.807, 2.05) is 42.5 Å². The Morgan fingerprint density at radius 2 is 1.82 bits per heavy atom. The summed E-state index contributed by atoms with van der Waals surface area (Å²) < 4.78 is 0. The molecule has 1 amide bonds. The van der Waals surface area contributed by atoms with Crippen LogP contribution in [-0.2, 0) is 16.8 Å². The fraction of sp³-hybridized carbons (Fsp3) is 0.333. The molecular weight excluding hydrogens is 414 g/mol. The molecule has 0 radical (unpaired) electrons. The predicted octanol–water partition coefficient (Wildman–Crippen LogP) is 4.62. The number of para-hydroxylation sites is 1. The molecule has 0 bridgehead atoms. The average molecular weight is 444 g/mol. The van der Waals surface area contributed by atoms with Crippen LogP contribution in [0.25, 0.3) is 16.5 Å². The fourth-order valence-electron chi connectivity index (χ4n) is 5.28. The number of hydrogen-bond donors (Lipinski definition) is 2. The van der Waals surface area contributed by atoms with Crippen molar-refractivity contribution in [1.29, 1.82) is 0 Å². The quantitative estimate of drug-likeness (QED) is 0.617. The van der Waals surface area contributed by atoms with E-state index in [1.165, 1.54) is 19.0 Å². The van der Waals surface area contributed by atoms with Gasteiger partial charge in [-0.05, 0) is 55.3 Å². The number of H-pyrrole nitrogens is 1. The van der Waals surface area contributed by atoms with E-state index in [0.29, 0.717) is 17.8 Å². The zero-order valence-electron chi connectivity index (χ0n) is 19.1. The van der Waals surface area contributed by atoms with Gasteiger partial charge in [0.1, 0.15) is 0 Å². The van der Waals surface area contributed by atoms with Crippen LogP contribution in [0.5, 0.6) is 0 Å². The number of nitrogens with one attached hydrogen (secondary N) is 1. The minimum atomic E-state index is -1.05. The summed E-state index contributed by atoms with van der Waals surface area (Å²) in [7, 11) is 0. The highest BCUT2D eigenvalue weighted by molar-refractivity contribution is 6.17. The molecule has 0 spiro atoms. The van der Waals surface area contributed by atoms with Gasteiger partial charge in [-0.1, -0.05) is 44.2 Å². The lowest BCUT2D eigenvalue weighted by Crippen LogP contribution is -2.37. The van der Waals surface area contributed by atoms with Crippen molar-refractivity contribution >= 4 is 28.4 Å². The van der Waals surface area contributed by atoms with Gasteiger partial charge in [0.15, 0.2) is 0 Å². The molecule has 3 heterocycles. The van der Waals surface area contributed by atoms with E-state index < -0.39 is 11.4 Å². The molecule has 2 aromatic carbocycles. The number of amides is 1. The molecule has 2 aliphatic heterocycles. The molecule has 0 aliphatic carbocycles. The molecule has 1 fully saturated rings. The molecule has 0 saturated carbocycles. The third kappa shape index (κ3) is 3.95. The van der Waals surface area contributed by atoms with E-state index in [0.717, 1.165) is 41.7 Å². The zero-order chi connectivity index (χ0) is 23.2. The Balaban J connectivity index is 1.53. The number of likely N-dealkylation sites (tertiary alicyclic amines) is 1. The van der Waals surface area contributed by atoms with Gasteiger partial charge >= 0.3 is 5.97 Å². The Kier molecular flexibility index (Phi) is 5.33. The highest BCUT2D eigenvalue weighted by Gasteiger charge is 2.37. The maximum Gasteiger partial charge on any atom is 0.339 e. The molecule has 170 valence electrons. The van der Waals surface area contributed by atoms with Crippen molar-refractivity contribution in [2.75, 3.05) is 19.6 Å². The van der Waals surface area contributed by atoms with Crippen molar-refractivity contribution in [3.63, 3.8) is 0 Å². The molecule has 5 rings (SSSR count). The second kappa shape index (κ2) is 8.19. The van der Waals surface area contributed by atoms with Crippen LogP contribution in [-0.4, -0.2) is 51.4 Å². The van der Waals surface area contributed by atoms with Crippen molar-refractivity contribution in [2.45, 2.75) is 38.6 Å². The van der Waals surface area contributed by atoms with Gasteiger partial charge in [-0.15, -0.1) is 0 Å². The van der Waals surface area contributed by atoms with Gasteiger partial charge in [0.2, 0.25) is 0 Å². The van der Waals surface area contributed by atoms with E-state index in [4.69, 9.17) is 0 Å². The number of aromatic amines is 1. The number of carbonyl (C=O) groups is 2. The highest BCUT2D eigenvalue weighted by atomic mass is 16.4. The Morgan fingerprint density at radius 3 is 2.58 bits per heavy atom. The van der Waals surface area contributed by atoms with E-state index in [-0.39, 0.29) is 11.5 Å². The number of rotatable bonds is 4. The van der Waals surface area contributed by atoms with E-state index in [1.54, 1.807) is 4.90 Å². The molecule has 2 aliphatic rings. The number of aromatic nitrogens is 1. The summed E-state index contributed by atoms with van der Waals surface area (Å²) >= 11 is 0. The maximum absolute atomic E-state index is 13.6. The summed E-state index contributed by atoms with van der Waals surface area (Å²) in [6.45, 7) is 7.53. The lowest BCUT2D eigenvalue weighted by atomic mass is 9.81.